The molecule has 1 N–H and O–H groups in total. The number of anilines is 1. The number of aryl methyl sites for hydroxylation is 1. The van der Waals surface area contributed by atoms with Gasteiger partial charge in [-0.2, -0.15) is 0 Å². The van der Waals surface area contributed by atoms with Crippen molar-refractivity contribution >= 4 is 33.1 Å². The molecule has 0 fully saturated rings. The van der Waals surface area contributed by atoms with Gasteiger partial charge >= 0.3 is 0 Å². The first-order valence-corrected chi connectivity index (χ1v) is 7.93. The van der Waals surface area contributed by atoms with Gasteiger partial charge in [0.25, 0.3) is 5.91 Å². The molecule has 3 aromatic rings. The molecular formula is C17H14N2O2S. The Kier molecular flexibility index (Phi) is 3.08. The van der Waals surface area contributed by atoms with Crippen LogP contribution in [0.2, 0.25) is 0 Å². The van der Waals surface area contributed by atoms with Crippen molar-refractivity contribution in [2.75, 3.05) is 5.32 Å². The molecule has 5 heteroatoms. The lowest BCUT2D eigenvalue weighted by molar-refractivity contribution is -0.122. The molecule has 1 amide bonds. The maximum Gasteiger partial charge on any atom is 0.265 e. The topological polar surface area (TPSA) is 51.2 Å². The highest BCUT2D eigenvalue weighted by Gasteiger charge is 2.28. The zero-order chi connectivity index (χ0) is 15.1. The minimum atomic E-state index is -0.462. The fourth-order valence-corrected chi connectivity index (χ4v) is 3.54. The van der Waals surface area contributed by atoms with Gasteiger partial charge < -0.3 is 10.1 Å². The van der Waals surface area contributed by atoms with Gasteiger partial charge in [-0.3, -0.25) is 4.79 Å². The number of carbonyl (C=O) groups is 1. The van der Waals surface area contributed by atoms with Crippen molar-refractivity contribution < 1.29 is 9.53 Å². The normalized spacial score (nSPS) is 16.3. The Morgan fingerprint density at radius 3 is 3.05 bits per heavy atom. The number of carbonyl (C=O) groups excluding carboxylic acids is 1. The molecule has 0 unspecified atom stereocenters. The van der Waals surface area contributed by atoms with Crippen molar-refractivity contribution in [1.82, 2.24) is 4.98 Å². The van der Waals surface area contributed by atoms with Crippen LogP contribution in [-0.4, -0.2) is 17.0 Å². The summed E-state index contributed by atoms with van der Waals surface area (Å²) in [6.07, 6.45) is 0.153. The van der Waals surface area contributed by atoms with E-state index in [-0.39, 0.29) is 5.91 Å². The number of ether oxygens (including phenoxy) is 1. The van der Waals surface area contributed by atoms with Gasteiger partial charge in [0, 0.05) is 12.1 Å². The van der Waals surface area contributed by atoms with E-state index in [2.05, 4.69) is 10.3 Å². The average Bonchev–Trinajstić information content (AvgIpc) is 3.08. The summed E-state index contributed by atoms with van der Waals surface area (Å²) in [6.45, 7) is 1.98. The Balaban J connectivity index is 1.52. The Hall–Kier alpha value is -2.40. The molecule has 1 aliphatic heterocycles. The van der Waals surface area contributed by atoms with Crippen LogP contribution >= 0.6 is 11.3 Å². The fraction of sp³-hybridized carbons (Fsp3) is 0.176. The van der Waals surface area contributed by atoms with Gasteiger partial charge in [-0.15, -0.1) is 11.3 Å². The zero-order valence-electron chi connectivity index (χ0n) is 12.0. The Bertz CT molecular complexity index is 847. The number of rotatable bonds is 2. The van der Waals surface area contributed by atoms with Gasteiger partial charge in [-0.25, -0.2) is 4.98 Å². The summed E-state index contributed by atoms with van der Waals surface area (Å²) in [5.74, 6) is 0.688. The molecule has 110 valence electrons. The van der Waals surface area contributed by atoms with Crippen LogP contribution in [-0.2, 0) is 11.2 Å². The third-order valence-electron chi connectivity index (χ3n) is 3.70. The van der Waals surface area contributed by atoms with E-state index in [1.165, 1.54) is 0 Å². The largest absolute Gasteiger partial charge is 0.480 e. The van der Waals surface area contributed by atoms with Gasteiger partial charge in [-0.1, -0.05) is 18.2 Å². The fourth-order valence-electron chi connectivity index (χ4n) is 2.67. The second-order valence-electron chi connectivity index (χ2n) is 5.32. The molecule has 2 heterocycles. The number of benzene rings is 2. The number of amides is 1. The number of nitrogens with one attached hydrogen (secondary N) is 1. The molecule has 0 saturated carbocycles. The predicted octanol–water partition coefficient (Wildman–Crippen LogP) is 3.55. The highest BCUT2D eigenvalue weighted by Crippen LogP contribution is 2.29. The monoisotopic (exact) mass is 310 g/mol. The number of para-hydroxylation sites is 1. The van der Waals surface area contributed by atoms with Crippen molar-refractivity contribution in [2.45, 2.75) is 19.4 Å². The van der Waals surface area contributed by atoms with Gasteiger partial charge in [0.2, 0.25) is 0 Å². The van der Waals surface area contributed by atoms with Crippen molar-refractivity contribution in [3.05, 3.63) is 53.0 Å². The number of aromatic nitrogens is 1. The minimum Gasteiger partial charge on any atom is -0.480 e. The quantitative estimate of drug-likeness (QED) is 0.787. The molecule has 0 aliphatic carbocycles. The Labute approximate surface area is 131 Å². The van der Waals surface area contributed by atoms with E-state index in [0.29, 0.717) is 6.42 Å². The van der Waals surface area contributed by atoms with E-state index in [1.54, 1.807) is 11.3 Å². The molecule has 0 saturated heterocycles. The van der Waals surface area contributed by atoms with Gasteiger partial charge in [-0.05, 0) is 36.8 Å². The molecular weight excluding hydrogens is 296 g/mol. The third kappa shape index (κ3) is 2.33. The lowest BCUT2D eigenvalue weighted by atomic mass is 10.1. The number of fused-ring (bicyclic) bond motifs is 2. The molecule has 22 heavy (non-hydrogen) atoms. The van der Waals surface area contributed by atoms with E-state index in [1.807, 2.05) is 49.4 Å². The molecule has 0 radical (unpaired) electrons. The second kappa shape index (κ2) is 5.10. The third-order valence-corrected chi connectivity index (χ3v) is 4.64. The van der Waals surface area contributed by atoms with Crippen LogP contribution in [0.25, 0.3) is 10.2 Å². The second-order valence-corrected chi connectivity index (χ2v) is 6.56. The van der Waals surface area contributed by atoms with Gasteiger partial charge in [0.05, 0.1) is 15.2 Å². The molecule has 1 aromatic heterocycles. The summed E-state index contributed by atoms with van der Waals surface area (Å²) in [7, 11) is 0. The first kappa shape index (κ1) is 13.3. The zero-order valence-corrected chi connectivity index (χ0v) is 12.8. The van der Waals surface area contributed by atoms with E-state index < -0.39 is 6.10 Å². The summed E-state index contributed by atoms with van der Waals surface area (Å²) < 4.78 is 6.79. The number of nitrogens with zero attached hydrogens (tertiary/aromatic N) is 1. The standard InChI is InChI=1S/C17H14N2O2S/c1-10-18-13-7-6-12(9-16(13)22-10)19-17(20)15-8-11-4-2-3-5-14(11)21-15/h2-7,9,15H,8H2,1H3,(H,19,20)/t15-/m0/s1. The van der Waals surface area contributed by atoms with Crippen molar-refractivity contribution in [2.24, 2.45) is 0 Å². The van der Waals surface area contributed by atoms with Crippen LogP contribution in [0.4, 0.5) is 5.69 Å². The van der Waals surface area contributed by atoms with Gasteiger partial charge in [0.15, 0.2) is 6.10 Å². The van der Waals surface area contributed by atoms with E-state index in [0.717, 1.165) is 32.2 Å². The Morgan fingerprint density at radius 1 is 1.32 bits per heavy atom. The summed E-state index contributed by atoms with van der Waals surface area (Å²) in [4.78, 5) is 16.8. The summed E-state index contributed by atoms with van der Waals surface area (Å²) in [6, 6.07) is 13.5. The molecule has 0 bridgehead atoms. The van der Waals surface area contributed by atoms with Gasteiger partial charge in [0.1, 0.15) is 5.75 Å². The first-order chi connectivity index (χ1) is 10.7. The van der Waals surface area contributed by atoms with Crippen LogP contribution in [0.3, 0.4) is 0 Å². The molecule has 0 spiro atoms. The SMILES string of the molecule is Cc1nc2ccc(NC(=O)[C@@H]3Cc4ccccc4O3)cc2s1. The summed E-state index contributed by atoms with van der Waals surface area (Å²) in [5.41, 5.74) is 2.82. The average molecular weight is 310 g/mol. The summed E-state index contributed by atoms with van der Waals surface area (Å²) >= 11 is 1.62. The molecule has 1 aliphatic rings. The molecule has 1 atom stereocenters. The molecule has 4 nitrogen and oxygen atoms in total. The minimum absolute atomic E-state index is 0.114. The number of hydrogen-bond acceptors (Lipinski definition) is 4. The lowest BCUT2D eigenvalue weighted by Gasteiger charge is -2.11. The Morgan fingerprint density at radius 2 is 2.18 bits per heavy atom. The molecule has 2 aromatic carbocycles. The maximum atomic E-state index is 12.4. The predicted molar refractivity (Wildman–Crippen MR) is 87.5 cm³/mol. The smallest absolute Gasteiger partial charge is 0.265 e. The number of thiazole rings is 1. The maximum absolute atomic E-state index is 12.4. The summed E-state index contributed by atoms with van der Waals surface area (Å²) in [5, 5.41) is 3.96. The first-order valence-electron chi connectivity index (χ1n) is 7.12. The molecule has 4 rings (SSSR count). The van der Waals surface area contributed by atoms with Crippen molar-refractivity contribution in [1.29, 1.82) is 0 Å². The van der Waals surface area contributed by atoms with Crippen LogP contribution in [0.15, 0.2) is 42.5 Å². The van der Waals surface area contributed by atoms with Crippen molar-refractivity contribution in [3.8, 4) is 5.75 Å². The van der Waals surface area contributed by atoms with E-state index in [4.69, 9.17) is 4.74 Å². The van der Waals surface area contributed by atoms with Crippen molar-refractivity contribution in [3.63, 3.8) is 0 Å². The van der Waals surface area contributed by atoms with Crippen LogP contribution in [0.5, 0.6) is 5.75 Å². The highest BCUT2D eigenvalue weighted by molar-refractivity contribution is 7.18. The van der Waals surface area contributed by atoms with Crippen LogP contribution in [0.1, 0.15) is 10.6 Å². The van der Waals surface area contributed by atoms with Crippen LogP contribution in [0, 0.1) is 6.92 Å². The lowest BCUT2D eigenvalue weighted by Crippen LogP contribution is -2.31. The van der Waals surface area contributed by atoms with E-state index in [9.17, 15) is 4.79 Å². The number of hydrogen-bond donors (Lipinski definition) is 1. The van der Waals surface area contributed by atoms with E-state index >= 15 is 0 Å². The van der Waals surface area contributed by atoms with Crippen LogP contribution < -0.4 is 10.1 Å². The highest BCUT2D eigenvalue weighted by atomic mass is 32.1.